The summed E-state index contributed by atoms with van der Waals surface area (Å²) in [6, 6.07) is 15.0. The van der Waals surface area contributed by atoms with Crippen molar-refractivity contribution in [1.29, 1.82) is 0 Å². The van der Waals surface area contributed by atoms with Crippen LogP contribution in [0.25, 0.3) is 0 Å². The number of rotatable bonds is 8. The van der Waals surface area contributed by atoms with Gasteiger partial charge in [-0.1, -0.05) is 26.0 Å². The van der Waals surface area contributed by atoms with Crippen LogP contribution in [0, 0.1) is 0 Å². The molecule has 0 heterocycles. The average Bonchev–Trinajstić information content (AvgIpc) is 2.65. The van der Waals surface area contributed by atoms with Crippen LogP contribution in [0.4, 0.5) is 5.69 Å². The lowest BCUT2D eigenvalue weighted by Gasteiger charge is -2.30. The summed E-state index contributed by atoms with van der Waals surface area (Å²) in [6.45, 7) is 6.57. The third-order valence-corrected chi connectivity index (χ3v) is 4.36. The van der Waals surface area contributed by atoms with Crippen molar-refractivity contribution in [1.82, 2.24) is 10.2 Å². The first kappa shape index (κ1) is 18.8. The van der Waals surface area contributed by atoms with E-state index in [1.54, 1.807) is 31.4 Å². The maximum absolute atomic E-state index is 12.4. The Bertz CT molecular complexity index is 682. The Balaban J connectivity index is 2.15. The Hall–Kier alpha value is -2.53. The Labute approximate surface area is 149 Å². The predicted molar refractivity (Wildman–Crippen MR) is 102 cm³/mol. The predicted octanol–water partition coefficient (Wildman–Crippen LogP) is 3.09. The first-order valence-electron chi connectivity index (χ1n) is 8.60. The molecule has 0 fully saturated rings. The molecule has 1 atom stereocenters. The fourth-order valence-corrected chi connectivity index (χ4v) is 2.90. The van der Waals surface area contributed by atoms with Crippen molar-refractivity contribution in [2.75, 3.05) is 32.5 Å². The lowest BCUT2D eigenvalue weighted by Crippen LogP contribution is -2.38. The van der Waals surface area contributed by atoms with Gasteiger partial charge in [-0.2, -0.15) is 0 Å². The molecule has 5 nitrogen and oxygen atoms in total. The summed E-state index contributed by atoms with van der Waals surface area (Å²) in [4.78, 5) is 14.7. The van der Waals surface area contributed by atoms with E-state index in [-0.39, 0.29) is 11.9 Å². The van der Waals surface area contributed by atoms with Crippen LogP contribution in [0.15, 0.2) is 48.5 Å². The number of nitrogen functional groups attached to an aromatic ring is 1. The topological polar surface area (TPSA) is 67.6 Å². The molecule has 3 N–H and O–H groups in total. The molecule has 2 aromatic carbocycles. The summed E-state index contributed by atoms with van der Waals surface area (Å²) in [6.07, 6.45) is 0. The van der Waals surface area contributed by atoms with Crippen molar-refractivity contribution >= 4 is 11.6 Å². The van der Waals surface area contributed by atoms with Crippen molar-refractivity contribution in [3.05, 3.63) is 59.7 Å². The van der Waals surface area contributed by atoms with E-state index in [1.165, 1.54) is 0 Å². The Kier molecular flexibility index (Phi) is 6.83. The number of methoxy groups -OCH3 is 1. The highest BCUT2D eigenvalue weighted by Gasteiger charge is 2.19. The highest BCUT2D eigenvalue weighted by atomic mass is 16.5. The number of anilines is 1. The number of benzene rings is 2. The van der Waals surface area contributed by atoms with Crippen LogP contribution in [-0.2, 0) is 0 Å². The van der Waals surface area contributed by atoms with Gasteiger partial charge in [0, 0.05) is 17.8 Å². The Morgan fingerprint density at radius 3 is 2.44 bits per heavy atom. The van der Waals surface area contributed by atoms with Gasteiger partial charge >= 0.3 is 0 Å². The first-order chi connectivity index (χ1) is 12.1. The number of carbonyl (C=O) groups excluding carboxylic acids is 1. The molecule has 0 radical (unpaired) electrons. The zero-order chi connectivity index (χ0) is 18.2. The molecule has 0 aromatic heterocycles. The number of amides is 1. The van der Waals surface area contributed by atoms with E-state index >= 15 is 0 Å². The standard InChI is InChI=1S/C20H27N3O2/c1-4-23(5-2)19(16-7-6-8-18(13-16)25-3)14-22-20(24)15-9-11-17(21)12-10-15/h6-13,19H,4-5,14,21H2,1-3H3,(H,22,24). The van der Waals surface area contributed by atoms with Crippen LogP contribution in [0.5, 0.6) is 5.75 Å². The number of ether oxygens (including phenoxy) is 1. The van der Waals surface area contributed by atoms with Crippen LogP contribution >= 0.6 is 0 Å². The molecule has 0 aliphatic rings. The third kappa shape index (κ3) is 4.97. The lowest BCUT2D eigenvalue weighted by atomic mass is 10.0. The Morgan fingerprint density at radius 2 is 1.84 bits per heavy atom. The molecular formula is C20H27N3O2. The van der Waals surface area contributed by atoms with Gasteiger partial charge in [0.2, 0.25) is 0 Å². The van der Waals surface area contributed by atoms with Gasteiger partial charge in [-0.15, -0.1) is 0 Å². The SMILES string of the molecule is CCN(CC)C(CNC(=O)c1ccc(N)cc1)c1cccc(OC)c1. The highest BCUT2D eigenvalue weighted by Crippen LogP contribution is 2.24. The fraction of sp³-hybridized carbons (Fsp3) is 0.350. The van der Waals surface area contributed by atoms with Gasteiger partial charge in [-0.25, -0.2) is 0 Å². The van der Waals surface area contributed by atoms with Gasteiger partial charge in [0.25, 0.3) is 5.91 Å². The summed E-state index contributed by atoms with van der Waals surface area (Å²) in [5.41, 5.74) is 8.06. The van der Waals surface area contributed by atoms with E-state index < -0.39 is 0 Å². The van der Waals surface area contributed by atoms with Gasteiger partial charge in [0.05, 0.1) is 13.2 Å². The van der Waals surface area contributed by atoms with Gasteiger partial charge in [0.1, 0.15) is 5.75 Å². The lowest BCUT2D eigenvalue weighted by molar-refractivity contribution is 0.0935. The first-order valence-corrected chi connectivity index (χ1v) is 8.60. The molecule has 2 rings (SSSR count). The van der Waals surface area contributed by atoms with Crippen LogP contribution < -0.4 is 15.8 Å². The number of carbonyl (C=O) groups is 1. The normalized spacial score (nSPS) is 12.0. The van der Waals surface area contributed by atoms with E-state index in [9.17, 15) is 4.79 Å². The van der Waals surface area contributed by atoms with Crippen molar-refractivity contribution < 1.29 is 9.53 Å². The van der Waals surface area contributed by atoms with Crippen molar-refractivity contribution in [2.45, 2.75) is 19.9 Å². The number of nitrogens with zero attached hydrogens (tertiary/aromatic N) is 1. The molecule has 2 aromatic rings. The van der Waals surface area contributed by atoms with Gasteiger partial charge in [-0.3, -0.25) is 9.69 Å². The zero-order valence-corrected chi connectivity index (χ0v) is 15.2. The maximum Gasteiger partial charge on any atom is 0.251 e. The van der Waals surface area contributed by atoms with Crippen LogP contribution in [-0.4, -0.2) is 37.6 Å². The average molecular weight is 341 g/mol. The number of hydrogen-bond acceptors (Lipinski definition) is 4. The minimum Gasteiger partial charge on any atom is -0.497 e. The molecule has 134 valence electrons. The van der Waals surface area contributed by atoms with Crippen LogP contribution in [0.2, 0.25) is 0 Å². The number of hydrogen-bond donors (Lipinski definition) is 2. The summed E-state index contributed by atoms with van der Waals surface area (Å²) in [7, 11) is 1.66. The Morgan fingerprint density at radius 1 is 1.16 bits per heavy atom. The number of likely N-dealkylation sites (N-methyl/N-ethyl adjacent to an activating group) is 1. The van der Waals surface area contributed by atoms with E-state index in [4.69, 9.17) is 10.5 Å². The number of nitrogens with one attached hydrogen (secondary N) is 1. The van der Waals surface area contributed by atoms with E-state index in [2.05, 4.69) is 30.1 Å². The van der Waals surface area contributed by atoms with Gasteiger partial charge < -0.3 is 15.8 Å². The van der Waals surface area contributed by atoms with E-state index in [0.717, 1.165) is 24.4 Å². The summed E-state index contributed by atoms with van der Waals surface area (Å²) in [5.74, 6) is 0.722. The third-order valence-electron chi connectivity index (χ3n) is 4.36. The molecule has 0 saturated heterocycles. The summed E-state index contributed by atoms with van der Waals surface area (Å²) < 4.78 is 5.34. The van der Waals surface area contributed by atoms with Crippen molar-refractivity contribution in [3.8, 4) is 5.75 Å². The highest BCUT2D eigenvalue weighted by molar-refractivity contribution is 5.94. The molecule has 0 bridgehead atoms. The smallest absolute Gasteiger partial charge is 0.251 e. The molecule has 0 saturated carbocycles. The number of nitrogens with two attached hydrogens (primary N) is 1. The minimum atomic E-state index is -0.0972. The van der Waals surface area contributed by atoms with Crippen LogP contribution in [0.3, 0.4) is 0 Å². The molecule has 0 aliphatic carbocycles. The second-order valence-electron chi connectivity index (χ2n) is 5.85. The van der Waals surface area contributed by atoms with Crippen molar-refractivity contribution in [3.63, 3.8) is 0 Å². The molecule has 1 unspecified atom stereocenters. The zero-order valence-electron chi connectivity index (χ0n) is 15.2. The summed E-state index contributed by atoms with van der Waals surface area (Å²) in [5, 5.41) is 3.04. The van der Waals surface area contributed by atoms with Gasteiger partial charge in [-0.05, 0) is 55.1 Å². The monoisotopic (exact) mass is 341 g/mol. The minimum absolute atomic E-state index is 0.0860. The van der Waals surface area contributed by atoms with Gasteiger partial charge in [0.15, 0.2) is 0 Å². The quantitative estimate of drug-likeness (QED) is 0.724. The molecule has 0 spiro atoms. The second-order valence-corrected chi connectivity index (χ2v) is 5.85. The molecular weight excluding hydrogens is 314 g/mol. The second kappa shape index (κ2) is 9.08. The molecule has 5 heteroatoms. The molecule has 25 heavy (non-hydrogen) atoms. The summed E-state index contributed by atoms with van der Waals surface area (Å²) >= 11 is 0. The molecule has 0 aliphatic heterocycles. The van der Waals surface area contributed by atoms with E-state index in [0.29, 0.717) is 17.8 Å². The molecule has 1 amide bonds. The fourth-order valence-electron chi connectivity index (χ4n) is 2.90. The largest absolute Gasteiger partial charge is 0.497 e. The van der Waals surface area contributed by atoms with Crippen molar-refractivity contribution in [2.24, 2.45) is 0 Å². The van der Waals surface area contributed by atoms with E-state index in [1.807, 2.05) is 18.2 Å². The maximum atomic E-state index is 12.4. The van der Waals surface area contributed by atoms with Crippen LogP contribution in [0.1, 0.15) is 35.8 Å².